The van der Waals surface area contributed by atoms with E-state index in [2.05, 4.69) is 32.0 Å². The van der Waals surface area contributed by atoms with Crippen molar-refractivity contribution >= 4 is 34.8 Å². The van der Waals surface area contributed by atoms with Crippen molar-refractivity contribution in [3.63, 3.8) is 0 Å². The van der Waals surface area contributed by atoms with Crippen molar-refractivity contribution in [3.05, 3.63) is 35.9 Å². The number of carbonyl (C=O) groups is 1. The molecule has 2 fully saturated rings. The van der Waals surface area contributed by atoms with Gasteiger partial charge in [-0.3, -0.25) is 4.79 Å². The maximum Gasteiger partial charge on any atom is 0.270 e. The molecule has 0 aromatic carbocycles. The summed E-state index contributed by atoms with van der Waals surface area (Å²) in [4.78, 5) is 26.4. The number of hydrogen-bond donors (Lipinski definition) is 2. The number of oxime groups is 1. The number of piperazine rings is 1. The molecule has 5 rings (SSSR count). The molecule has 1 saturated carbocycles. The summed E-state index contributed by atoms with van der Waals surface area (Å²) in [5.41, 5.74) is 3.05. The van der Waals surface area contributed by atoms with Crippen molar-refractivity contribution in [1.82, 2.24) is 28.9 Å². The highest BCUT2D eigenvalue weighted by molar-refractivity contribution is 5.94. The lowest BCUT2D eigenvalue weighted by atomic mass is 10.2. The maximum absolute atomic E-state index is 13.0. The molecule has 0 unspecified atom stereocenters. The number of fused-ring (bicyclic) bond motifs is 1. The highest BCUT2D eigenvalue weighted by Gasteiger charge is 2.24. The highest BCUT2D eigenvalue weighted by Crippen LogP contribution is 2.34. The Labute approximate surface area is 192 Å². The number of anilines is 2. The van der Waals surface area contributed by atoms with E-state index in [1.165, 1.54) is 19.1 Å². The number of nitrogens with one attached hydrogen (secondary N) is 1. The number of rotatable bonds is 5. The van der Waals surface area contributed by atoms with E-state index < -0.39 is 0 Å². The molecular weight excluding hydrogens is 420 g/mol. The van der Waals surface area contributed by atoms with Crippen LogP contribution in [0.5, 0.6) is 0 Å². The second kappa shape index (κ2) is 8.86. The third kappa shape index (κ3) is 4.18. The predicted molar refractivity (Wildman–Crippen MR) is 127 cm³/mol. The van der Waals surface area contributed by atoms with Crippen molar-refractivity contribution in [1.29, 1.82) is 0 Å². The fourth-order valence-electron chi connectivity index (χ4n) is 4.94. The topological polar surface area (TPSA) is 104 Å². The number of aromatic nitrogens is 4. The van der Waals surface area contributed by atoms with Crippen LogP contribution in [-0.4, -0.2) is 79.5 Å². The first kappa shape index (κ1) is 21.4. The maximum atomic E-state index is 13.0. The van der Waals surface area contributed by atoms with Crippen LogP contribution in [-0.2, 0) is 7.05 Å². The Bertz CT molecular complexity index is 1180. The van der Waals surface area contributed by atoms with Crippen LogP contribution in [0.25, 0.3) is 11.0 Å². The van der Waals surface area contributed by atoms with Gasteiger partial charge in [0.15, 0.2) is 0 Å². The minimum Gasteiger partial charge on any atom is -0.411 e. The molecule has 1 aliphatic heterocycles. The van der Waals surface area contributed by atoms with Gasteiger partial charge in [0.05, 0.1) is 17.6 Å². The van der Waals surface area contributed by atoms with Gasteiger partial charge in [-0.25, -0.2) is 4.98 Å². The molecule has 0 bridgehead atoms. The second-order valence-electron chi connectivity index (χ2n) is 9.04. The Kier molecular flexibility index (Phi) is 5.76. The second-order valence-corrected chi connectivity index (χ2v) is 9.04. The lowest BCUT2D eigenvalue weighted by Gasteiger charge is -2.32. The SMILES string of the molecule is CN1CCN(C(=O)c2cc(Nc3ncc4cc(/C=N/O)n(C5CCCC5)c4n3)cn2C)CC1. The van der Waals surface area contributed by atoms with Crippen LogP contribution in [0.1, 0.15) is 47.9 Å². The van der Waals surface area contributed by atoms with Gasteiger partial charge in [0.1, 0.15) is 11.3 Å². The molecule has 10 heteroatoms. The van der Waals surface area contributed by atoms with Gasteiger partial charge in [-0.2, -0.15) is 4.98 Å². The minimum atomic E-state index is 0.0399. The summed E-state index contributed by atoms with van der Waals surface area (Å²) in [6.07, 6.45) is 9.66. The average molecular weight is 451 g/mol. The zero-order valence-electron chi connectivity index (χ0n) is 19.1. The lowest BCUT2D eigenvalue weighted by molar-refractivity contribution is 0.0654. The van der Waals surface area contributed by atoms with Gasteiger partial charge in [0.25, 0.3) is 5.91 Å². The van der Waals surface area contributed by atoms with E-state index in [0.29, 0.717) is 17.7 Å². The molecule has 1 amide bonds. The summed E-state index contributed by atoms with van der Waals surface area (Å²) < 4.78 is 4.00. The monoisotopic (exact) mass is 450 g/mol. The van der Waals surface area contributed by atoms with Crippen molar-refractivity contribution < 1.29 is 10.0 Å². The summed E-state index contributed by atoms with van der Waals surface area (Å²) >= 11 is 0. The summed E-state index contributed by atoms with van der Waals surface area (Å²) in [5, 5.41) is 16.5. The summed E-state index contributed by atoms with van der Waals surface area (Å²) in [6.45, 7) is 3.25. The number of nitrogens with zero attached hydrogens (tertiary/aromatic N) is 7. The lowest BCUT2D eigenvalue weighted by Crippen LogP contribution is -2.47. The van der Waals surface area contributed by atoms with E-state index in [4.69, 9.17) is 10.2 Å². The van der Waals surface area contributed by atoms with Gasteiger partial charge in [-0.15, -0.1) is 0 Å². The number of carbonyl (C=O) groups excluding carboxylic acids is 1. The first-order valence-electron chi connectivity index (χ1n) is 11.5. The number of aryl methyl sites for hydroxylation is 1. The van der Waals surface area contributed by atoms with Gasteiger partial charge >= 0.3 is 0 Å². The zero-order chi connectivity index (χ0) is 22.9. The molecule has 0 spiro atoms. The van der Waals surface area contributed by atoms with Crippen LogP contribution < -0.4 is 5.32 Å². The molecule has 0 radical (unpaired) electrons. The Balaban J connectivity index is 1.41. The highest BCUT2D eigenvalue weighted by atomic mass is 16.4. The van der Waals surface area contributed by atoms with E-state index >= 15 is 0 Å². The number of likely N-dealkylation sites (N-methyl/N-ethyl adjacent to an activating group) is 1. The smallest absolute Gasteiger partial charge is 0.270 e. The molecule has 33 heavy (non-hydrogen) atoms. The Morgan fingerprint density at radius 3 is 2.67 bits per heavy atom. The minimum absolute atomic E-state index is 0.0399. The van der Waals surface area contributed by atoms with Gasteiger partial charge < -0.3 is 29.5 Å². The summed E-state index contributed by atoms with van der Waals surface area (Å²) in [5.74, 6) is 0.509. The molecule has 10 nitrogen and oxygen atoms in total. The Hall–Kier alpha value is -3.40. The van der Waals surface area contributed by atoms with Gasteiger partial charge in [0.2, 0.25) is 5.95 Å². The molecule has 2 N–H and O–H groups in total. The van der Waals surface area contributed by atoms with Crippen LogP contribution in [0.4, 0.5) is 11.6 Å². The summed E-state index contributed by atoms with van der Waals surface area (Å²) in [6, 6.07) is 4.14. The Morgan fingerprint density at radius 2 is 1.94 bits per heavy atom. The van der Waals surface area contributed by atoms with Crippen molar-refractivity contribution in [2.24, 2.45) is 12.2 Å². The molecular formula is C23H30N8O2. The van der Waals surface area contributed by atoms with E-state index in [1.54, 1.807) is 6.20 Å². The van der Waals surface area contributed by atoms with Gasteiger partial charge in [0, 0.05) is 57.0 Å². The third-order valence-corrected chi connectivity index (χ3v) is 6.76. The fourth-order valence-corrected chi connectivity index (χ4v) is 4.94. The average Bonchev–Trinajstić information content (AvgIpc) is 3.52. The van der Waals surface area contributed by atoms with E-state index in [1.807, 2.05) is 34.8 Å². The van der Waals surface area contributed by atoms with Gasteiger partial charge in [-0.1, -0.05) is 18.0 Å². The van der Waals surface area contributed by atoms with E-state index in [0.717, 1.165) is 61.4 Å². The van der Waals surface area contributed by atoms with Crippen molar-refractivity contribution in [2.45, 2.75) is 31.7 Å². The molecule has 174 valence electrons. The van der Waals surface area contributed by atoms with Crippen molar-refractivity contribution in [2.75, 3.05) is 38.5 Å². The predicted octanol–water partition coefficient (Wildman–Crippen LogP) is 2.82. The largest absolute Gasteiger partial charge is 0.411 e. The van der Waals surface area contributed by atoms with Crippen molar-refractivity contribution in [3.8, 4) is 0 Å². The fraction of sp³-hybridized carbons (Fsp3) is 0.478. The van der Waals surface area contributed by atoms with Crippen LogP contribution >= 0.6 is 0 Å². The molecule has 2 aliphatic rings. The van der Waals surface area contributed by atoms with E-state index in [-0.39, 0.29) is 5.91 Å². The molecule has 0 atom stereocenters. The molecule has 3 aromatic heterocycles. The third-order valence-electron chi connectivity index (χ3n) is 6.76. The summed E-state index contributed by atoms with van der Waals surface area (Å²) in [7, 11) is 3.95. The molecule has 1 saturated heterocycles. The molecule has 4 heterocycles. The first-order chi connectivity index (χ1) is 16.0. The Morgan fingerprint density at radius 1 is 1.18 bits per heavy atom. The van der Waals surface area contributed by atoms with E-state index in [9.17, 15) is 4.79 Å². The standard InChI is InChI=1S/C23H30N8O2/c1-28-7-9-30(10-8-28)22(32)20-12-17(15-29(20)2)26-23-24-13-16-11-19(14-25-33)31(21(16)27-23)18-5-3-4-6-18/h11-15,18,33H,3-10H2,1-2H3,(H,24,26,27)/b25-14+. The van der Waals surface area contributed by atoms with Crippen LogP contribution in [0, 0.1) is 0 Å². The molecule has 1 aliphatic carbocycles. The normalized spacial score (nSPS) is 18.1. The van der Waals surface area contributed by atoms with Crippen LogP contribution in [0.15, 0.2) is 29.7 Å². The quantitative estimate of drug-likeness (QED) is 0.352. The first-order valence-corrected chi connectivity index (χ1v) is 11.5. The molecule has 3 aromatic rings. The number of hydrogen-bond acceptors (Lipinski definition) is 7. The van der Waals surface area contributed by atoms with Gasteiger partial charge in [-0.05, 0) is 32.0 Å². The zero-order valence-corrected chi connectivity index (χ0v) is 19.1. The number of amides is 1. The van der Waals surface area contributed by atoms with Crippen LogP contribution in [0.3, 0.4) is 0 Å². The van der Waals surface area contributed by atoms with Crippen LogP contribution in [0.2, 0.25) is 0 Å².